The van der Waals surface area contributed by atoms with Gasteiger partial charge in [-0.05, 0) is 46.8 Å². The fraction of sp³-hybridized carbons (Fsp3) is 0.0667. The summed E-state index contributed by atoms with van der Waals surface area (Å²) in [6.45, 7) is 0.128. The highest BCUT2D eigenvalue weighted by atomic mass is 19.1. The second kappa shape index (κ2) is 6.65. The van der Waals surface area contributed by atoms with E-state index in [2.05, 4.69) is 26.2 Å². The minimum atomic E-state index is -0.371. The summed E-state index contributed by atoms with van der Waals surface area (Å²) < 4.78 is 14.4. The summed E-state index contributed by atoms with van der Waals surface area (Å²) in [7, 11) is 0. The molecule has 0 fully saturated rings. The van der Waals surface area contributed by atoms with E-state index < -0.39 is 0 Å². The highest BCUT2D eigenvalue weighted by Crippen LogP contribution is 2.09. The average Bonchev–Trinajstić information content (AvgIpc) is 3.03. The van der Waals surface area contributed by atoms with Crippen LogP contribution in [0.4, 0.5) is 14.9 Å². The van der Waals surface area contributed by atoms with Crippen LogP contribution in [0.15, 0.2) is 54.6 Å². The highest BCUT2D eigenvalue weighted by Gasteiger charge is 2.10. The van der Waals surface area contributed by atoms with Crippen molar-refractivity contribution in [1.29, 1.82) is 0 Å². The van der Waals surface area contributed by atoms with Crippen molar-refractivity contribution in [3.8, 4) is 5.69 Å². The number of amides is 2. The topological polar surface area (TPSA) is 84.7 Å². The van der Waals surface area contributed by atoms with Crippen LogP contribution in [0, 0.1) is 5.82 Å². The van der Waals surface area contributed by atoms with Gasteiger partial charge in [0.1, 0.15) is 5.82 Å². The summed E-state index contributed by atoms with van der Waals surface area (Å²) >= 11 is 0. The van der Waals surface area contributed by atoms with Gasteiger partial charge in [0.15, 0.2) is 5.82 Å². The molecular weight excluding hydrogens is 299 g/mol. The zero-order valence-electron chi connectivity index (χ0n) is 12.0. The minimum absolute atomic E-state index is 0.128. The third-order valence-corrected chi connectivity index (χ3v) is 3.04. The van der Waals surface area contributed by atoms with E-state index in [1.807, 2.05) is 18.2 Å². The monoisotopic (exact) mass is 312 g/mol. The number of aromatic nitrogens is 4. The van der Waals surface area contributed by atoms with Crippen LogP contribution in [0.5, 0.6) is 0 Å². The van der Waals surface area contributed by atoms with Gasteiger partial charge in [0.05, 0.1) is 12.2 Å². The number of urea groups is 1. The predicted octanol–water partition coefficient (Wildman–Crippen LogP) is 2.12. The van der Waals surface area contributed by atoms with Gasteiger partial charge in [-0.3, -0.25) is 0 Å². The van der Waals surface area contributed by atoms with Crippen LogP contribution in [-0.4, -0.2) is 26.2 Å². The summed E-state index contributed by atoms with van der Waals surface area (Å²) in [5.41, 5.74) is 1.29. The molecule has 1 aromatic heterocycles. The molecule has 8 heteroatoms. The van der Waals surface area contributed by atoms with Crippen LogP contribution >= 0.6 is 0 Å². The van der Waals surface area contributed by atoms with E-state index in [9.17, 15) is 9.18 Å². The first-order chi connectivity index (χ1) is 11.2. The third kappa shape index (κ3) is 3.67. The first kappa shape index (κ1) is 14.6. The molecule has 2 amide bonds. The molecule has 0 aliphatic carbocycles. The maximum absolute atomic E-state index is 13.0. The van der Waals surface area contributed by atoms with Gasteiger partial charge in [-0.15, -0.1) is 5.10 Å². The van der Waals surface area contributed by atoms with E-state index in [0.29, 0.717) is 17.2 Å². The van der Waals surface area contributed by atoms with Gasteiger partial charge in [-0.1, -0.05) is 18.2 Å². The lowest BCUT2D eigenvalue weighted by molar-refractivity contribution is 0.251. The second-order valence-corrected chi connectivity index (χ2v) is 4.66. The number of hydrogen-bond donors (Lipinski definition) is 2. The number of benzene rings is 2. The van der Waals surface area contributed by atoms with Crippen molar-refractivity contribution in [3.63, 3.8) is 0 Å². The number of nitrogens with zero attached hydrogens (tertiary/aromatic N) is 4. The molecule has 2 N–H and O–H groups in total. The molecule has 116 valence electrons. The maximum atomic E-state index is 13.0. The smallest absolute Gasteiger partial charge is 0.319 e. The Balaban J connectivity index is 1.64. The molecule has 3 aromatic rings. The molecular formula is C15H13FN6O. The van der Waals surface area contributed by atoms with Crippen molar-refractivity contribution >= 4 is 11.7 Å². The van der Waals surface area contributed by atoms with Crippen LogP contribution in [0.1, 0.15) is 5.82 Å². The van der Waals surface area contributed by atoms with Crippen LogP contribution in [0.2, 0.25) is 0 Å². The molecule has 0 atom stereocenters. The van der Waals surface area contributed by atoms with Gasteiger partial charge in [0, 0.05) is 5.69 Å². The van der Waals surface area contributed by atoms with Crippen LogP contribution in [0.3, 0.4) is 0 Å². The van der Waals surface area contributed by atoms with Gasteiger partial charge in [-0.2, -0.15) is 4.68 Å². The Morgan fingerprint density at radius 2 is 1.83 bits per heavy atom. The number of para-hydroxylation sites is 1. The normalized spacial score (nSPS) is 10.3. The molecule has 7 nitrogen and oxygen atoms in total. The van der Waals surface area contributed by atoms with E-state index in [-0.39, 0.29) is 18.4 Å². The molecule has 0 saturated carbocycles. The number of carbonyl (C=O) groups excluding carboxylic acids is 1. The number of nitrogens with one attached hydrogen (secondary N) is 2. The first-order valence-corrected chi connectivity index (χ1v) is 6.85. The summed E-state index contributed by atoms with van der Waals surface area (Å²) in [5.74, 6) is 0.0866. The maximum Gasteiger partial charge on any atom is 0.319 e. The van der Waals surface area contributed by atoms with E-state index in [0.717, 1.165) is 0 Å². The molecule has 23 heavy (non-hydrogen) atoms. The summed E-state index contributed by atoms with van der Waals surface area (Å²) in [5, 5.41) is 16.6. The predicted molar refractivity (Wildman–Crippen MR) is 81.4 cm³/mol. The Kier molecular flexibility index (Phi) is 4.23. The molecule has 0 aliphatic rings. The lowest BCUT2D eigenvalue weighted by atomic mass is 10.3. The lowest BCUT2D eigenvalue weighted by Gasteiger charge is -2.08. The molecule has 2 aromatic carbocycles. The Bertz CT molecular complexity index is 787. The second-order valence-electron chi connectivity index (χ2n) is 4.66. The van der Waals surface area contributed by atoms with Gasteiger partial charge in [0.2, 0.25) is 0 Å². The highest BCUT2D eigenvalue weighted by molar-refractivity contribution is 5.89. The fourth-order valence-corrected chi connectivity index (χ4v) is 1.95. The van der Waals surface area contributed by atoms with Crippen molar-refractivity contribution in [2.45, 2.75) is 6.54 Å². The van der Waals surface area contributed by atoms with Crippen LogP contribution < -0.4 is 10.6 Å². The number of anilines is 1. The van der Waals surface area contributed by atoms with Crippen molar-refractivity contribution in [2.24, 2.45) is 0 Å². The van der Waals surface area contributed by atoms with Gasteiger partial charge >= 0.3 is 6.03 Å². The molecule has 0 unspecified atom stereocenters. The molecule has 0 spiro atoms. The molecule has 1 heterocycles. The van der Waals surface area contributed by atoms with Gasteiger partial charge < -0.3 is 10.6 Å². The fourth-order valence-electron chi connectivity index (χ4n) is 1.95. The molecule has 0 radical (unpaired) electrons. The lowest BCUT2D eigenvalue weighted by Crippen LogP contribution is -2.29. The van der Waals surface area contributed by atoms with E-state index in [1.54, 1.807) is 24.3 Å². The van der Waals surface area contributed by atoms with Crippen LogP contribution in [0.25, 0.3) is 5.69 Å². The Morgan fingerprint density at radius 3 is 2.57 bits per heavy atom. The van der Waals surface area contributed by atoms with Gasteiger partial charge in [0.25, 0.3) is 0 Å². The number of hydrogen-bond acceptors (Lipinski definition) is 4. The first-order valence-electron chi connectivity index (χ1n) is 6.85. The molecule has 3 rings (SSSR count). The minimum Gasteiger partial charge on any atom is -0.330 e. The standard InChI is InChI=1S/C15H13FN6O/c16-11-6-8-13(9-7-11)22-14(19-20-21-22)10-17-15(23)18-12-4-2-1-3-5-12/h1-9H,10H2,(H2,17,18,23). The summed E-state index contributed by atoms with van der Waals surface area (Å²) in [6.07, 6.45) is 0. The van der Waals surface area contributed by atoms with E-state index in [1.165, 1.54) is 16.8 Å². The Labute approximate surface area is 131 Å². The molecule has 0 bridgehead atoms. The summed E-state index contributed by atoms with van der Waals surface area (Å²) in [6, 6.07) is 14.4. The molecule has 0 aliphatic heterocycles. The zero-order valence-corrected chi connectivity index (χ0v) is 12.0. The van der Waals surface area contributed by atoms with Crippen molar-refractivity contribution < 1.29 is 9.18 Å². The van der Waals surface area contributed by atoms with Crippen molar-refractivity contribution in [3.05, 3.63) is 66.2 Å². The quantitative estimate of drug-likeness (QED) is 0.773. The zero-order chi connectivity index (χ0) is 16.1. The Hall–Kier alpha value is -3.29. The third-order valence-electron chi connectivity index (χ3n) is 3.04. The number of halogens is 1. The number of carbonyl (C=O) groups is 1. The van der Waals surface area contributed by atoms with Gasteiger partial charge in [-0.25, -0.2) is 9.18 Å². The van der Waals surface area contributed by atoms with E-state index >= 15 is 0 Å². The van der Waals surface area contributed by atoms with Crippen molar-refractivity contribution in [2.75, 3.05) is 5.32 Å². The average molecular weight is 312 g/mol. The number of rotatable bonds is 4. The number of tetrazole rings is 1. The molecule has 0 saturated heterocycles. The SMILES string of the molecule is O=C(NCc1nnnn1-c1ccc(F)cc1)Nc1ccccc1. The van der Waals surface area contributed by atoms with Crippen molar-refractivity contribution in [1.82, 2.24) is 25.5 Å². The van der Waals surface area contributed by atoms with Crippen LogP contribution in [-0.2, 0) is 6.54 Å². The largest absolute Gasteiger partial charge is 0.330 e. The Morgan fingerprint density at radius 1 is 1.09 bits per heavy atom. The summed E-state index contributed by atoms with van der Waals surface area (Å²) in [4.78, 5) is 11.9. The van der Waals surface area contributed by atoms with E-state index in [4.69, 9.17) is 0 Å².